The summed E-state index contributed by atoms with van der Waals surface area (Å²) in [6, 6.07) is 7.67. The second-order valence-electron chi connectivity index (χ2n) is 9.92. The zero-order chi connectivity index (χ0) is 25.1. The Bertz CT molecular complexity index is 1000. The molecule has 0 amide bonds. The number of morpholine rings is 1. The second-order valence-corrected chi connectivity index (χ2v) is 9.92. The van der Waals surface area contributed by atoms with Crippen molar-refractivity contribution in [3.05, 3.63) is 64.9 Å². The fourth-order valence-corrected chi connectivity index (χ4v) is 5.34. The van der Waals surface area contributed by atoms with Crippen LogP contribution in [0.4, 0.5) is 13.2 Å². The summed E-state index contributed by atoms with van der Waals surface area (Å²) >= 11 is 0. The lowest BCUT2D eigenvalue weighted by Gasteiger charge is -2.42. The molecule has 1 aromatic carbocycles. The Morgan fingerprint density at radius 1 is 1.09 bits per heavy atom. The maximum atomic E-state index is 14.4. The summed E-state index contributed by atoms with van der Waals surface area (Å²) in [7, 11) is 1.61. The molecule has 0 aromatic heterocycles. The Hall–Kier alpha value is -2.54. The summed E-state index contributed by atoms with van der Waals surface area (Å²) in [5, 5.41) is 0. The molecule has 1 aromatic rings. The SMILES string of the molecule is COc1ccc(CCCC2=CC3=CC(N4CCOCC4)=CC(=O)CCC3C[C@@]2(C)C(F)(F)F)cc1. The summed E-state index contributed by atoms with van der Waals surface area (Å²) < 4.78 is 53.9. The first-order chi connectivity index (χ1) is 16.7. The van der Waals surface area contributed by atoms with Crippen molar-refractivity contribution in [2.75, 3.05) is 33.4 Å². The van der Waals surface area contributed by atoms with Gasteiger partial charge >= 0.3 is 6.18 Å². The highest BCUT2D eigenvalue weighted by Crippen LogP contribution is 2.54. The first-order valence-corrected chi connectivity index (χ1v) is 12.4. The van der Waals surface area contributed by atoms with Crippen LogP contribution in [0.2, 0.25) is 0 Å². The smallest absolute Gasteiger partial charge is 0.397 e. The number of hydrogen-bond donors (Lipinski definition) is 0. The highest BCUT2D eigenvalue weighted by molar-refractivity contribution is 5.91. The van der Waals surface area contributed by atoms with Gasteiger partial charge in [-0.2, -0.15) is 13.2 Å². The second kappa shape index (κ2) is 10.6. The van der Waals surface area contributed by atoms with Crippen LogP contribution in [-0.2, 0) is 16.0 Å². The number of methoxy groups -OCH3 is 1. The molecule has 1 fully saturated rings. The number of alkyl halides is 3. The normalized spacial score (nSPS) is 25.6. The number of allylic oxidation sites excluding steroid dienone is 5. The molecule has 2 aliphatic carbocycles. The van der Waals surface area contributed by atoms with Crippen molar-refractivity contribution >= 4 is 5.78 Å². The van der Waals surface area contributed by atoms with Crippen molar-refractivity contribution in [1.29, 1.82) is 0 Å². The Morgan fingerprint density at radius 3 is 2.46 bits per heavy atom. The minimum atomic E-state index is -4.35. The Kier molecular flexibility index (Phi) is 7.74. The molecule has 4 rings (SSSR count). The van der Waals surface area contributed by atoms with E-state index in [0.29, 0.717) is 57.6 Å². The van der Waals surface area contributed by atoms with Crippen LogP contribution in [0, 0.1) is 11.3 Å². The molecule has 190 valence electrons. The van der Waals surface area contributed by atoms with Gasteiger partial charge in [0.1, 0.15) is 5.75 Å². The molecule has 0 radical (unpaired) electrons. The van der Waals surface area contributed by atoms with Gasteiger partial charge in [0, 0.05) is 31.3 Å². The van der Waals surface area contributed by atoms with E-state index in [2.05, 4.69) is 4.90 Å². The van der Waals surface area contributed by atoms with Crippen LogP contribution in [0.25, 0.3) is 0 Å². The molecule has 3 aliphatic rings. The molecule has 1 heterocycles. The summed E-state index contributed by atoms with van der Waals surface area (Å²) in [4.78, 5) is 14.6. The zero-order valence-electron chi connectivity index (χ0n) is 20.5. The monoisotopic (exact) mass is 489 g/mol. The molecule has 1 saturated heterocycles. The molecule has 0 spiro atoms. The van der Waals surface area contributed by atoms with Gasteiger partial charge in [-0.25, -0.2) is 0 Å². The summed E-state index contributed by atoms with van der Waals surface area (Å²) in [5.74, 6) is 0.448. The molecule has 35 heavy (non-hydrogen) atoms. The molecule has 1 unspecified atom stereocenters. The van der Waals surface area contributed by atoms with Crippen LogP contribution in [-0.4, -0.2) is 50.3 Å². The van der Waals surface area contributed by atoms with E-state index in [1.807, 2.05) is 30.3 Å². The maximum Gasteiger partial charge on any atom is 0.397 e. The van der Waals surface area contributed by atoms with Gasteiger partial charge in [0.25, 0.3) is 0 Å². The third-order valence-corrected chi connectivity index (χ3v) is 7.61. The lowest BCUT2D eigenvalue weighted by molar-refractivity contribution is -0.210. The third-order valence-electron chi connectivity index (χ3n) is 7.61. The Morgan fingerprint density at radius 2 is 1.80 bits per heavy atom. The topological polar surface area (TPSA) is 38.8 Å². The largest absolute Gasteiger partial charge is 0.497 e. The van der Waals surface area contributed by atoms with E-state index in [0.717, 1.165) is 22.6 Å². The molecule has 0 N–H and O–H groups in total. The van der Waals surface area contributed by atoms with E-state index in [4.69, 9.17) is 9.47 Å². The number of hydrogen-bond acceptors (Lipinski definition) is 4. The van der Waals surface area contributed by atoms with E-state index >= 15 is 0 Å². The maximum absolute atomic E-state index is 14.4. The van der Waals surface area contributed by atoms with E-state index in [1.165, 1.54) is 6.92 Å². The van der Waals surface area contributed by atoms with E-state index in [-0.39, 0.29) is 24.5 Å². The van der Waals surface area contributed by atoms with Crippen LogP contribution in [0.5, 0.6) is 5.75 Å². The number of nitrogens with zero attached hydrogens (tertiary/aromatic N) is 1. The van der Waals surface area contributed by atoms with E-state index in [9.17, 15) is 18.0 Å². The zero-order valence-corrected chi connectivity index (χ0v) is 20.5. The van der Waals surface area contributed by atoms with Gasteiger partial charge in [0.2, 0.25) is 0 Å². The quantitative estimate of drug-likeness (QED) is 0.489. The number of carbonyl (C=O) groups is 1. The van der Waals surface area contributed by atoms with Crippen molar-refractivity contribution in [2.24, 2.45) is 11.3 Å². The molecule has 4 nitrogen and oxygen atoms in total. The molecule has 2 atom stereocenters. The van der Waals surface area contributed by atoms with Crippen molar-refractivity contribution in [2.45, 2.75) is 51.6 Å². The fraction of sp³-hybridized carbons (Fsp3) is 0.536. The number of benzene rings is 1. The van der Waals surface area contributed by atoms with Gasteiger partial charge in [-0.3, -0.25) is 4.79 Å². The first kappa shape index (κ1) is 25.5. The van der Waals surface area contributed by atoms with E-state index < -0.39 is 11.6 Å². The molecule has 0 bridgehead atoms. The van der Waals surface area contributed by atoms with Crippen molar-refractivity contribution in [1.82, 2.24) is 4.90 Å². The first-order valence-electron chi connectivity index (χ1n) is 12.4. The number of ketones is 1. The predicted octanol–water partition coefficient (Wildman–Crippen LogP) is 6.04. The molecule has 0 saturated carbocycles. The van der Waals surface area contributed by atoms with Gasteiger partial charge in [-0.05, 0) is 74.3 Å². The molecular weight excluding hydrogens is 455 g/mol. The minimum Gasteiger partial charge on any atom is -0.497 e. The number of rotatable bonds is 6. The number of ether oxygens (including phenoxy) is 2. The number of fused-ring (bicyclic) bond motifs is 1. The van der Waals surface area contributed by atoms with Gasteiger partial charge < -0.3 is 14.4 Å². The lowest BCUT2D eigenvalue weighted by Crippen LogP contribution is -2.42. The van der Waals surface area contributed by atoms with Gasteiger partial charge in [0.05, 0.1) is 25.7 Å². The van der Waals surface area contributed by atoms with Crippen molar-refractivity contribution in [3.8, 4) is 5.75 Å². The van der Waals surface area contributed by atoms with Gasteiger partial charge in [-0.15, -0.1) is 0 Å². The third kappa shape index (κ3) is 5.83. The summed E-state index contributed by atoms with van der Waals surface area (Å²) in [5.41, 5.74) is 1.34. The number of halogens is 3. The minimum absolute atomic E-state index is 0.0135. The molecular formula is C28H34F3NO3. The Labute approximate surface area is 205 Å². The van der Waals surface area contributed by atoms with Crippen LogP contribution >= 0.6 is 0 Å². The van der Waals surface area contributed by atoms with Crippen LogP contribution in [0.3, 0.4) is 0 Å². The standard InChI is InChI=1S/C28H34F3NO3/c1-27(28(29,30)31)19-21-8-9-25(33)18-24(32-12-14-35-15-13-32)17-22(21)16-23(27)5-3-4-20-6-10-26(34-2)11-7-20/h6-7,10-11,16-18,21H,3-5,8-9,12-15,19H2,1-2H3/t21?,27-/m1/s1. The lowest BCUT2D eigenvalue weighted by atomic mass is 9.65. The highest BCUT2D eigenvalue weighted by Gasteiger charge is 2.55. The average Bonchev–Trinajstić information content (AvgIpc) is 2.83. The summed E-state index contributed by atoms with van der Waals surface area (Å²) in [6.07, 6.45) is 3.46. The average molecular weight is 490 g/mol. The predicted molar refractivity (Wildman–Crippen MR) is 129 cm³/mol. The Balaban J connectivity index is 1.61. The fourth-order valence-electron chi connectivity index (χ4n) is 5.34. The molecule has 1 aliphatic heterocycles. The van der Waals surface area contributed by atoms with Crippen LogP contribution < -0.4 is 4.74 Å². The van der Waals surface area contributed by atoms with Crippen molar-refractivity contribution in [3.63, 3.8) is 0 Å². The van der Waals surface area contributed by atoms with Gasteiger partial charge in [-0.1, -0.05) is 23.8 Å². The van der Waals surface area contributed by atoms with Crippen molar-refractivity contribution < 1.29 is 27.4 Å². The van der Waals surface area contributed by atoms with Crippen LogP contribution in [0.15, 0.2) is 59.3 Å². The number of aryl methyl sites for hydroxylation is 1. The molecule has 7 heteroatoms. The number of carbonyl (C=O) groups excluding carboxylic acids is 1. The highest BCUT2D eigenvalue weighted by atomic mass is 19.4. The van der Waals surface area contributed by atoms with Gasteiger partial charge in [0.15, 0.2) is 5.78 Å². The summed E-state index contributed by atoms with van der Waals surface area (Å²) in [6.45, 7) is 3.84. The van der Waals surface area contributed by atoms with Crippen LogP contribution in [0.1, 0.15) is 44.6 Å². The van der Waals surface area contributed by atoms with E-state index in [1.54, 1.807) is 19.3 Å².